The summed E-state index contributed by atoms with van der Waals surface area (Å²) in [6.45, 7) is 3.38. The van der Waals surface area contributed by atoms with Gasteiger partial charge in [0.1, 0.15) is 17.1 Å². The van der Waals surface area contributed by atoms with Gasteiger partial charge in [-0.1, -0.05) is 18.2 Å². The Labute approximate surface area is 145 Å². The minimum atomic E-state index is -1.30. The van der Waals surface area contributed by atoms with E-state index in [1.165, 1.54) is 0 Å². The highest BCUT2D eigenvalue weighted by atomic mass is 16.4. The number of para-hydroxylation sites is 1. The first-order chi connectivity index (χ1) is 11.9. The third-order valence-electron chi connectivity index (χ3n) is 3.72. The van der Waals surface area contributed by atoms with Crippen LogP contribution in [0, 0.1) is 6.92 Å². The van der Waals surface area contributed by atoms with Crippen molar-refractivity contribution in [3.63, 3.8) is 0 Å². The number of carbonyl (C=O) groups is 1. The molecule has 0 radical (unpaired) electrons. The molecule has 0 bridgehead atoms. The molecule has 0 aliphatic carbocycles. The maximum absolute atomic E-state index is 12.0. The number of nitrogens with zero attached hydrogens (tertiary/aromatic N) is 2. The van der Waals surface area contributed by atoms with Crippen LogP contribution in [-0.4, -0.2) is 27.5 Å². The first kappa shape index (κ1) is 16.8. The average Bonchev–Trinajstić information content (AvgIpc) is 3.23. The van der Waals surface area contributed by atoms with Gasteiger partial charge in [0.25, 0.3) is 0 Å². The Morgan fingerprint density at radius 3 is 2.68 bits per heavy atom. The molecular formula is C18H20N4O3. The highest BCUT2D eigenvalue weighted by molar-refractivity contribution is 5.88. The maximum Gasteiger partial charge on any atom is 0.320 e. The summed E-state index contributed by atoms with van der Waals surface area (Å²) >= 11 is 0. The van der Waals surface area contributed by atoms with Crippen LogP contribution in [0.1, 0.15) is 18.4 Å². The second-order valence-corrected chi connectivity index (χ2v) is 5.97. The van der Waals surface area contributed by atoms with Crippen LogP contribution in [0.4, 0.5) is 10.6 Å². The SMILES string of the molecule is Cc1ccc([C@](C)(O)CNC(=O)Nc2ccn(-c3ccccc3)n2)o1. The van der Waals surface area contributed by atoms with Crippen LogP contribution >= 0.6 is 0 Å². The summed E-state index contributed by atoms with van der Waals surface area (Å²) in [6, 6.07) is 14.3. The van der Waals surface area contributed by atoms with Crippen LogP contribution in [0.3, 0.4) is 0 Å². The van der Waals surface area contributed by atoms with Gasteiger partial charge in [0.05, 0.1) is 12.2 Å². The van der Waals surface area contributed by atoms with Crippen LogP contribution in [0.5, 0.6) is 0 Å². The van der Waals surface area contributed by atoms with Crippen LogP contribution in [-0.2, 0) is 5.60 Å². The molecule has 7 nitrogen and oxygen atoms in total. The number of anilines is 1. The van der Waals surface area contributed by atoms with Gasteiger partial charge in [-0.05, 0) is 38.1 Å². The number of furan rings is 1. The molecule has 0 fully saturated rings. The quantitative estimate of drug-likeness (QED) is 0.666. The summed E-state index contributed by atoms with van der Waals surface area (Å²) in [6.07, 6.45) is 1.76. The van der Waals surface area contributed by atoms with E-state index in [0.29, 0.717) is 17.3 Å². The molecule has 2 aromatic heterocycles. The van der Waals surface area contributed by atoms with Crippen molar-refractivity contribution in [2.24, 2.45) is 0 Å². The zero-order valence-electron chi connectivity index (χ0n) is 14.1. The fraction of sp³-hybridized carbons (Fsp3) is 0.222. The summed E-state index contributed by atoms with van der Waals surface area (Å²) in [5.41, 5.74) is -0.401. The number of hydrogen-bond acceptors (Lipinski definition) is 4. The predicted molar refractivity (Wildman–Crippen MR) is 93.6 cm³/mol. The number of hydrogen-bond donors (Lipinski definition) is 3. The van der Waals surface area contributed by atoms with Gasteiger partial charge in [-0.25, -0.2) is 9.48 Å². The summed E-state index contributed by atoms with van der Waals surface area (Å²) in [5, 5.41) is 20.0. The minimum absolute atomic E-state index is 0.00514. The molecule has 3 N–H and O–H groups in total. The molecule has 0 aliphatic rings. The lowest BCUT2D eigenvalue weighted by Crippen LogP contribution is -2.40. The summed E-state index contributed by atoms with van der Waals surface area (Å²) < 4.78 is 7.08. The average molecular weight is 340 g/mol. The van der Waals surface area contributed by atoms with E-state index in [-0.39, 0.29) is 6.54 Å². The number of carbonyl (C=O) groups excluding carboxylic acids is 1. The summed E-state index contributed by atoms with van der Waals surface area (Å²) in [5.74, 6) is 1.51. The fourth-order valence-corrected chi connectivity index (χ4v) is 2.34. The Balaban J connectivity index is 1.57. The maximum atomic E-state index is 12.0. The van der Waals surface area contributed by atoms with E-state index in [9.17, 15) is 9.90 Å². The second-order valence-electron chi connectivity index (χ2n) is 5.97. The van der Waals surface area contributed by atoms with Crippen LogP contribution < -0.4 is 10.6 Å². The lowest BCUT2D eigenvalue weighted by molar-refractivity contribution is 0.0364. The molecule has 25 heavy (non-hydrogen) atoms. The monoisotopic (exact) mass is 340 g/mol. The van der Waals surface area contributed by atoms with E-state index >= 15 is 0 Å². The van der Waals surface area contributed by atoms with Crippen molar-refractivity contribution >= 4 is 11.8 Å². The van der Waals surface area contributed by atoms with Crippen molar-refractivity contribution < 1.29 is 14.3 Å². The second kappa shape index (κ2) is 6.82. The number of nitrogens with one attached hydrogen (secondary N) is 2. The minimum Gasteiger partial charge on any atom is -0.463 e. The van der Waals surface area contributed by atoms with Crippen molar-refractivity contribution in [3.05, 3.63) is 66.2 Å². The standard InChI is InChI=1S/C18H20N4O3/c1-13-8-9-15(25-13)18(2,24)12-19-17(23)20-16-10-11-22(21-16)14-6-4-3-5-7-14/h3-11,24H,12H2,1-2H3,(H2,19,20,21,23)/t18-/m1/s1. The van der Waals surface area contributed by atoms with E-state index in [1.807, 2.05) is 30.3 Å². The molecule has 2 amide bonds. The molecule has 130 valence electrons. The lowest BCUT2D eigenvalue weighted by atomic mass is 10.0. The largest absolute Gasteiger partial charge is 0.463 e. The Morgan fingerprint density at radius 1 is 1.24 bits per heavy atom. The number of aryl methyl sites for hydroxylation is 1. The molecule has 3 aromatic rings. The highest BCUT2D eigenvalue weighted by Crippen LogP contribution is 2.22. The Kier molecular flexibility index (Phi) is 4.58. The number of benzene rings is 1. The number of aromatic nitrogens is 2. The number of urea groups is 1. The van der Waals surface area contributed by atoms with Crippen LogP contribution in [0.25, 0.3) is 5.69 Å². The van der Waals surface area contributed by atoms with E-state index in [1.54, 1.807) is 42.9 Å². The Morgan fingerprint density at radius 2 is 2.00 bits per heavy atom. The molecular weight excluding hydrogens is 320 g/mol. The predicted octanol–water partition coefficient (Wildman–Crippen LogP) is 2.80. The molecule has 1 aromatic carbocycles. The van der Waals surface area contributed by atoms with Gasteiger partial charge in [-0.3, -0.25) is 5.32 Å². The third-order valence-corrected chi connectivity index (χ3v) is 3.72. The number of rotatable bonds is 5. The van der Waals surface area contributed by atoms with Crippen molar-refractivity contribution in [1.29, 1.82) is 0 Å². The van der Waals surface area contributed by atoms with Gasteiger partial charge in [0.2, 0.25) is 0 Å². The van der Waals surface area contributed by atoms with Gasteiger partial charge in [0.15, 0.2) is 5.82 Å². The summed E-state index contributed by atoms with van der Waals surface area (Å²) in [4.78, 5) is 12.0. The van der Waals surface area contributed by atoms with E-state index in [0.717, 1.165) is 5.69 Å². The van der Waals surface area contributed by atoms with Crippen molar-refractivity contribution in [2.45, 2.75) is 19.4 Å². The normalized spacial score (nSPS) is 13.2. The molecule has 0 spiro atoms. The molecule has 0 saturated heterocycles. The van der Waals surface area contributed by atoms with Crippen LogP contribution in [0.2, 0.25) is 0 Å². The van der Waals surface area contributed by atoms with E-state index in [4.69, 9.17) is 4.42 Å². The first-order valence-corrected chi connectivity index (χ1v) is 7.89. The topological polar surface area (TPSA) is 92.3 Å². The zero-order valence-corrected chi connectivity index (χ0v) is 14.1. The molecule has 3 rings (SSSR count). The van der Waals surface area contributed by atoms with Crippen molar-refractivity contribution in [1.82, 2.24) is 15.1 Å². The van der Waals surface area contributed by atoms with Crippen molar-refractivity contribution in [2.75, 3.05) is 11.9 Å². The summed E-state index contributed by atoms with van der Waals surface area (Å²) in [7, 11) is 0. The zero-order chi connectivity index (χ0) is 17.9. The Hall–Kier alpha value is -3.06. The number of aliphatic hydroxyl groups is 1. The van der Waals surface area contributed by atoms with Gasteiger partial charge in [0, 0.05) is 12.3 Å². The molecule has 0 unspecified atom stereocenters. The molecule has 7 heteroatoms. The van der Waals surface area contributed by atoms with Crippen LogP contribution in [0.15, 0.2) is 59.1 Å². The van der Waals surface area contributed by atoms with Gasteiger partial charge in [-0.15, -0.1) is 5.10 Å². The van der Waals surface area contributed by atoms with Gasteiger partial charge < -0.3 is 14.8 Å². The van der Waals surface area contributed by atoms with Gasteiger partial charge >= 0.3 is 6.03 Å². The molecule has 0 aliphatic heterocycles. The third kappa shape index (κ3) is 4.07. The highest BCUT2D eigenvalue weighted by Gasteiger charge is 2.27. The van der Waals surface area contributed by atoms with Gasteiger partial charge in [-0.2, -0.15) is 0 Å². The number of amides is 2. The Bertz CT molecular complexity index is 852. The fourth-order valence-electron chi connectivity index (χ4n) is 2.34. The van der Waals surface area contributed by atoms with E-state index in [2.05, 4.69) is 15.7 Å². The smallest absolute Gasteiger partial charge is 0.320 e. The lowest BCUT2D eigenvalue weighted by Gasteiger charge is -2.21. The molecule has 0 saturated carbocycles. The van der Waals surface area contributed by atoms with E-state index < -0.39 is 11.6 Å². The first-order valence-electron chi connectivity index (χ1n) is 7.89. The molecule has 2 heterocycles. The molecule has 1 atom stereocenters. The van der Waals surface area contributed by atoms with Crippen molar-refractivity contribution in [3.8, 4) is 5.69 Å².